The molecule has 0 aliphatic heterocycles. The third kappa shape index (κ3) is 4.23. The van der Waals surface area contributed by atoms with Crippen molar-refractivity contribution in [3.8, 4) is 0 Å². The molecule has 2 rings (SSSR count). The number of nitrogens with zero attached hydrogens (tertiary/aromatic N) is 1. The van der Waals surface area contributed by atoms with Crippen molar-refractivity contribution in [3.05, 3.63) is 52.3 Å². The van der Waals surface area contributed by atoms with Gasteiger partial charge < -0.3 is 24.4 Å². The minimum Gasteiger partial charge on any atom is -0.464 e. The first-order chi connectivity index (χ1) is 11.0. The van der Waals surface area contributed by atoms with Gasteiger partial charge in [0.2, 0.25) is 0 Å². The summed E-state index contributed by atoms with van der Waals surface area (Å²) >= 11 is 0. The van der Waals surface area contributed by atoms with Crippen molar-refractivity contribution in [2.24, 2.45) is 7.05 Å². The lowest BCUT2D eigenvalue weighted by Gasteiger charge is -2.16. The van der Waals surface area contributed by atoms with E-state index in [2.05, 4.69) is 10.6 Å². The van der Waals surface area contributed by atoms with Gasteiger partial charge in [0.1, 0.15) is 23.2 Å². The highest BCUT2D eigenvalue weighted by molar-refractivity contribution is 5.89. The number of amides is 2. The maximum absolute atomic E-state index is 12.1. The Bertz CT molecular complexity index is 720. The molecule has 0 saturated heterocycles. The number of methoxy groups -OCH3 is 1. The quantitative estimate of drug-likeness (QED) is 0.853. The number of pyridine rings is 1. The molecule has 0 saturated carbocycles. The van der Waals surface area contributed by atoms with E-state index in [-0.39, 0.29) is 17.9 Å². The van der Waals surface area contributed by atoms with Crippen LogP contribution in [-0.2, 0) is 18.2 Å². The second-order valence-electron chi connectivity index (χ2n) is 5.10. The minimum absolute atomic E-state index is 0.206. The molecule has 124 valence electrons. The zero-order chi connectivity index (χ0) is 16.8. The monoisotopic (exact) mass is 319 g/mol. The molecule has 2 amide bonds. The summed E-state index contributed by atoms with van der Waals surface area (Å²) in [4.78, 5) is 24.0. The Labute approximate surface area is 134 Å². The van der Waals surface area contributed by atoms with Crippen LogP contribution in [0.1, 0.15) is 24.5 Å². The average molecular weight is 319 g/mol. The number of carbonyl (C=O) groups is 1. The number of rotatable bonds is 6. The van der Waals surface area contributed by atoms with Gasteiger partial charge in [-0.3, -0.25) is 4.79 Å². The van der Waals surface area contributed by atoms with E-state index in [9.17, 15) is 9.59 Å². The van der Waals surface area contributed by atoms with Crippen LogP contribution in [0.25, 0.3) is 0 Å². The molecule has 0 bridgehead atoms. The van der Waals surface area contributed by atoms with Gasteiger partial charge in [-0.05, 0) is 24.3 Å². The fraction of sp³-hybridized carbons (Fsp3) is 0.375. The number of ether oxygens (including phenoxy) is 1. The normalized spacial score (nSPS) is 12.0. The molecule has 1 atom stereocenters. The van der Waals surface area contributed by atoms with Crippen LogP contribution < -0.4 is 16.2 Å². The number of aromatic nitrogens is 1. The van der Waals surface area contributed by atoms with Crippen LogP contribution in [0.4, 0.5) is 10.5 Å². The van der Waals surface area contributed by atoms with Crippen molar-refractivity contribution in [2.75, 3.05) is 19.0 Å². The number of furan rings is 1. The molecule has 2 aromatic heterocycles. The smallest absolute Gasteiger partial charge is 0.320 e. The van der Waals surface area contributed by atoms with Gasteiger partial charge in [-0.25, -0.2) is 4.79 Å². The summed E-state index contributed by atoms with van der Waals surface area (Å²) < 4.78 is 12.2. The number of urea groups is 1. The van der Waals surface area contributed by atoms with Crippen LogP contribution >= 0.6 is 0 Å². The van der Waals surface area contributed by atoms with Gasteiger partial charge in [0.25, 0.3) is 5.56 Å². The van der Waals surface area contributed by atoms with Crippen molar-refractivity contribution < 1.29 is 13.9 Å². The first-order valence-corrected chi connectivity index (χ1v) is 7.35. The maximum Gasteiger partial charge on any atom is 0.320 e. The summed E-state index contributed by atoms with van der Waals surface area (Å²) in [5.74, 6) is 1.44. The molecule has 0 aliphatic rings. The number of anilines is 1. The lowest BCUT2D eigenvalue weighted by atomic mass is 10.2. The van der Waals surface area contributed by atoms with Crippen LogP contribution in [-0.4, -0.2) is 24.3 Å². The number of hydrogen-bond acceptors (Lipinski definition) is 4. The Kier molecular flexibility index (Phi) is 5.59. The van der Waals surface area contributed by atoms with Gasteiger partial charge in [0, 0.05) is 26.8 Å². The molecule has 7 nitrogen and oxygen atoms in total. The van der Waals surface area contributed by atoms with E-state index in [0.29, 0.717) is 5.76 Å². The highest BCUT2D eigenvalue weighted by Crippen LogP contribution is 2.17. The predicted octanol–water partition coefficient (Wildman–Crippen LogP) is 2.05. The molecule has 0 aliphatic carbocycles. The standard InChI is InChI=1S/C16H21N3O4/c1-4-11-7-8-14(23-11)13(10-22-3)18-16(21)17-12-6-5-9-19(2)15(12)20/h5-9,13H,4,10H2,1-3H3,(H2,17,18,21)/t13-/m0/s1. The van der Waals surface area contributed by atoms with E-state index in [0.717, 1.165) is 12.2 Å². The summed E-state index contributed by atoms with van der Waals surface area (Å²) in [6.45, 7) is 2.25. The van der Waals surface area contributed by atoms with Gasteiger partial charge >= 0.3 is 6.03 Å². The molecule has 2 N–H and O–H groups in total. The fourth-order valence-corrected chi connectivity index (χ4v) is 2.14. The Morgan fingerprint density at radius 2 is 2.17 bits per heavy atom. The molecule has 0 fully saturated rings. The average Bonchev–Trinajstić information content (AvgIpc) is 3.00. The number of aryl methyl sites for hydroxylation is 2. The molecule has 0 aromatic carbocycles. The molecule has 2 heterocycles. The Morgan fingerprint density at radius 1 is 1.39 bits per heavy atom. The third-order valence-electron chi connectivity index (χ3n) is 3.38. The van der Waals surface area contributed by atoms with Gasteiger partial charge in [0.05, 0.1) is 6.61 Å². The van der Waals surface area contributed by atoms with Crippen LogP contribution in [0, 0.1) is 0 Å². The second-order valence-corrected chi connectivity index (χ2v) is 5.10. The number of hydrogen-bond donors (Lipinski definition) is 2. The lowest BCUT2D eigenvalue weighted by Crippen LogP contribution is -2.36. The van der Waals surface area contributed by atoms with Crippen molar-refractivity contribution in [1.82, 2.24) is 9.88 Å². The zero-order valence-electron chi connectivity index (χ0n) is 13.5. The summed E-state index contributed by atoms with van der Waals surface area (Å²) in [5.41, 5.74) is -0.0745. The maximum atomic E-state index is 12.1. The van der Waals surface area contributed by atoms with Crippen LogP contribution in [0.5, 0.6) is 0 Å². The van der Waals surface area contributed by atoms with Gasteiger partial charge in [-0.2, -0.15) is 0 Å². The molecule has 0 radical (unpaired) electrons. The third-order valence-corrected chi connectivity index (χ3v) is 3.38. The zero-order valence-corrected chi connectivity index (χ0v) is 13.5. The van der Waals surface area contributed by atoms with E-state index in [1.54, 1.807) is 32.5 Å². The molecule has 7 heteroatoms. The first-order valence-electron chi connectivity index (χ1n) is 7.35. The molecule has 0 unspecified atom stereocenters. The van der Waals surface area contributed by atoms with Gasteiger partial charge in [0.15, 0.2) is 0 Å². The molecule has 2 aromatic rings. The fourth-order valence-electron chi connectivity index (χ4n) is 2.14. The van der Waals surface area contributed by atoms with Crippen molar-refractivity contribution in [3.63, 3.8) is 0 Å². The van der Waals surface area contributed by atoms with Gasteiger partial charge in [-0.15, -0.1) is 0 Å². The van der Waals surface area contributed by atoms with Gasteiger partial charge in [-0.1, -0.05) is 6.92 Å². The Hall–Kier alpha value is -2.54. The highest BCUT2D eigenvalue weighted by Gasteiger charge is 2.18. The summed E-state index contributed by atoms with van der Waals surface area (Å²) in [7, 11) is 3.16. The van der Waals surface area contributed by atoms with Crippen LogP contribution in [0.2, 0.25) is 0 Å². The molecule has 0 spiro atoms. The van der Waals surface area contributed by atoms with Crippen LogP contribution in [0.3, 0.4) is 0 Å². The first kappa shape index (κ1) is 16.8. The predicted molar refractivity (Wildman–Crippen MR) is 86.5 cm³/mol. The van der Waals surface area contributed by atoms with E-state index >= 15 is 0 Å². The summed E-state index contributed by atoms with van der Waals surface area (Å²) in [6.07, 6.45) is 2.39. The second kappa shape index (κ2) is 7.64. The number of nitrogens with one attached hydrogen (secondary N) is 2. The highest BCUT2D eigenvalue weighted by atomic mass is 16.5. The largest absolute Gasteiger partial charge is 0.464 e. The lowest BCUT2D eigenvalue weighted by molar-refractivity contribution is 0.158. The van der Waals surface area contributed by atoms with Crippen molar-refractivity contribution in [2.45, 2.75) is 19.4 Å². The molecular weight excluding hydrogens is 298 g/mol. The van der Waals surface area contributed by atoms with E-state index < -0.39 is 12.1 Å². The molecule has 23 heavy (non-hydrogen) atoms. The summed E-state index contributed by atoms with van der Waals surface area (Å²) in [6, 6.07) is 5.98. The van der Waals surface area contributed by atoms with Crippen molar-refractivity contribution in [1.29, 1.82) is 0 Å². The molecular formula is C16H21N3O4. The number of carbonyl (C=O) groups excluding carboxylic acids is 1. The van der Waals surface area contributed by atoms with Crippen LogP contribution in [0.15, 0.2) is 39.7 Å². The SMILES string of the molecule is CCc1ccc([C@H](COC)NC(=O)Nc2cccn(C)c2=O)o1. The summed E-state index contributed by atoms with van der Waals surface area (Å²) in [5, 5.41) is 5.30. The minimum atomic E-state index is -0.496. The van der Waals surface area contributed by atoms with Crippen molar-refractivity contribution >= 4 is 11.7 Å². The van der Waals surface area contributed by atoms with E-state index in [1.165, 1.54) is 4.57 Å². The van der Waals surface area contributed by atoms with E-state index in [4.69, 9.17) is 9.15 Å². The topological polar surface area (TPSA) is 85.5 Å². The Morgan fingerprint density at radius 3 is 2.83 bits per heavy atom. The van der Waals surface area contributed by atoms with E-state index in [1.807, 2.05) is 19.1 Å². The Balaban J connectivity index is 2.08.